The van der Waals surface area contributed by atoms with Crippen LogP contribution in [0, 0.1) is 5.92 Å². The molecule has 30 heavy (non-hydrogen) atoms. The van der Waals surface area contributed by atoms with Crippen molar-refractivity contribution < 1.29 is 17.9 Å². The Balaban J connectivity index is 2.01. The van der Waals surface area contributed by atoms with E-state index >= 15 is 0 Å². The third-order valence-corrected chi connectivity index (χ3v) is 4.97. The molecule has 0 saturated carbocycles. The molecule has 3 rings (SSSR count). The standard InChI is InChI=1S/C23H24ClF3N2O/c1-14(2)12-22(3,28)13-30-21-7-4-15(10-19(21)23(25,26)27)17-8-9-29-20-6-5-16(24)11-18(17)20/h4-11,14H,12-13,28H2,1-3H3/t22-/m0/s1. The number of ether oxygens (including phenoxy) is 1. The molecule has 0 unspecified atom stereocenters. The van der Waals surface area contributed by atoms with Crippen LogP contribution in [-0.4, -0.2) is 17.1 Å². The van der Waals surface area contributed by atoms with Crippen LogP contribution in [0.3, 0.4) is 0 Å². The molecular weight excluding hydrogens is 413 g/mol. The Labute approximate surface area is 179 Å². The molecule has 0 aliphatic heterocycles. The van der Waals surface area contributed by atoms with Crippen LogP contribution < -0.4 is 10.5 Å². The van der Waals surface area contributed by atoms with Crippen LogP contribution in [0.15, 0.2) is 48.7 Å². The largest absolute Gasteiger partial charge is 0.491 e. The second-order valence-electron chi connectivity index (χ2n) is 8.27. The monoisotopic (exact) mass is 436 g/mol. The van der Waals surface area contributed by atoms with E-state index in [2.05, 4.69) is 4.98 Å². The lowest BCUT2D eigenvalue weighted by Crippen LogP contribution is -2.43. The Bertz CT molecular complexity index is 1050. The number of benzene rings is 2. The van der Waals surface area contributed by atoms with Crippen molar-refractivity contribution in [3.63, 3.8) is 0 Å². The fraction of sp³-hybridized carbons (Fsp3) is 0.348. The number of aromatic nitrogens is 1. The summed E-state index contributed by atoms with van der Waals surface area (Å²) in [4.78, 5) is 4.26. The highest BCUT2D eigenvalue weighted by molar-refractivity contribution is 6.31. The molecule has 1 atom stereocenters. The Morgan fingerprint density at radius 2 is 1.83 bits per heavy atom. The summed E-state index contributed by atoms with van der Waals surface area (Å²) >= 11 is 6.09. The average Bonchev–Trinajstić information content (AvgIpc) is 2.64. The molecule has 0 radical (unpaired) electrons. The van der Waals surface area contributed by atoms with E-state index in [1.54, 1.807) is 43.5 Å². The number of pyridine rings is 1. The summed E-state index contributed by atoms with van der Waals surface area (Å²) in [7, 11) is 0. The summed E-state index contributed by atoms with van der Waals surface area (Å²) in [6.07, 6.45) is -2.37. The van der Waals surface area contributed by atoms with Crippen molar-refractivity contribution in [2.45, 2.75) is 38.9 Å². The van der Waals surface area contributed by atoms with Gasteiger partial charge in [0.1, 0.15) is 12.4 Å². The van der Waals surface area contributed by atoms with Gasteiger partial charge in [-0.25, -0.2) is 0 Å². The van der Waals surface area contributed by atoms with Gasteiger partial charge in [-0.15, -0.1) is 0 Å². The van der Waals surface area contributed by atoms with Gasteiger partial charge in [-0.3, -0.25) is 4.98 Å². The lowest BCUT2D eigenvalue weighted by Gasteiger charge is -2.27. The molecule has 7 heteroatoms. The highest BCUT2D eigenvalue weighted by Gasteiger charge is 2.35. The summed E-state index contributed by atoms with van der Waals surface area (Å²) in [6.45, 7) is 5.78. The zero-order valence-electron chi connectivity index (χ0n) is 17.1. The normalized spacial score (nSPS) is 14.2. The van der Waals surface area contributed by atoms with Crippen LogP contribution >= 0.6 is 11.6 Å². The fourth-order valence-electron chi connectivity index (χ4n) is 3.65. The number of fused-ring (bicyclic) bond motifs is 1. The van der Waals surface area contributed by atoms with Crippen LogP contribution in [0.2, 0.25) is 5.02 Å². The molecule has 3 nitrogen and oxygen atoms in total. The van der Waals surface area contributed by atoms with Gasteiger partial charge in [-0.1, -0.05) is 31.5 Å². The molecule has 0 aliphatic rings. The van der Waals surface area contributed by atoms with E-state index in [4.69, 9.17) is 22.1 Å². The van der Waals surface area contributed by atoms with Crippen molar-refractivity contribution in [3.8, 4) is 16.9 Å². The van der Waals surface area contributed by atoms with Crippen LogP contribution in [0.1, 0.15) is 32.8 Å². The molecule has 0 saturated heterocycles. The Hall–Kier alpha value is -2.31. The zero-order valence-corrected chi connectivity index (χ0v) is 17.8. The van der Waals surface area contributed by atoms with Gasteiger partial charge in [0.25, 0.3) is 0 Å². The third-order valence-electron chi connectivity index (χ3n) is 4.73. The zero-order chi connectivity index (χ0) is 22.1. The second kappa shape index (κ2) is 8.44. The van der Waals surface area contributed by atoms with Crippen LogP contribution in [0.25, 0.3) is 22.0 Å². The number of nitrogens with zero attached hydrogens (tertiary/aromatic N) is 1. The lowest BCUT2D eigenvalue weighted by molar-refractivity contribution is -0.139. The van der Waals surface area contributed by atoms with Crippen molar-refractivity contribution in [2.75, 3.05) is 6.61 Å². The van der Waals surface area contributed by atoms with E-state index in [1.165, 1.54) is 6.07 Å². The molecule has 0 aliphatic carbocycles. The molecular formula is C23H24ClF3N2O. The van der Waals surface area contributed by atoms with Gasteiger partial charge < -0.3 is 10.5 Å². The van der Waals surface area contributed by atoms with E-state index < -0.39 is 17.3 Å². The summed E-state index contributed by atoms with van der Waals surface area (Å²) in [5, 5.41) is 1.17. The predicted octanol–water partition coefficient (Wildman–Crippen LogP) is 6.72. The molecule has 0 bridgehead atoms. The van der Waals surface area contributed by atoms with Gasteiger partial charge in [0.05, 0.1) is 11.1 Å². The predicted molar refractivity (Wildman–Crippen MR) is 115 cm³/mol. The Kier molecular flexibility index (Phi) is 6.29. The van der Waals surface area contributed by atoms with Crippen LogP contribution in [-0.2, 0) is 6.18 Å². The van der Waals surface area contributed by atoms with Crippen LogP contribution in [0.4, 0.5) is 13.2 Å². The van der Waals surface area contributed by atoms with Crippen molar-refractivity contribution in [2.24, 2.45) is 11.7 Å². The molecule has 3 aromatic rings. The van der Waals surface area contributed by atoms with E-state index in [0.29, 0.717) is 39.4 Å². The van der Waals surface area contributed by atoms with Gasteiger partial charge in [-0.2, -0.15) is 13.2 Å². The third kappa shape index (κ3) is 5.24. The maximum Gasteiger partial charge on any atom is 0.419 e. The van der Waals surface area contributed by atoms with E-state index in [1.807, 2.05) is 13.8 Å². The highest BCUT2D eigenvalue weighted by atomic mass is 35.5. The molecule has 0 fully saturated rings. The molecule has 1 heterocycles. The average molecular weight is 437 g/mol. The number of nitrogens with two attached hydrogens (primary N) is 1. The van der Waals surface area contributed by atoms with E-state index in [-0.39, 0.29) is 12.4 Å². The number of rotatable bonds is 6. The number of alkyl halides is 3. The summed E-state index contributed by atoms with van der Waals surface area (Å²) < 4.78 is 47.0. The number of hydrogen-bond acceptors (Lipinski definition) is 3. The smallest absolute Gasteiger partial charge is 0.419 e. The van der Waals surface area contributed by atoms with Crippen molar-refractivity contribution in [1.29, 1.82) is 0 Å². The molecule has 2 N–H and O–H groups in total. The molecule has 2 aromatic carbocycles. The minimum Gasteiger partial charge on any atom is -0.491 e. The summed E-state index contributed by atoms with van der Waals surface area (Å²) in [5.41, 5.74) is 6.30. The van der Waals surface area contributed by atoms with Crippen molar-refractivity contribution in [3.05, 3.63) is 59.2 Å². The lowest BCUT2D eigenvalue weighted by atomic mass is 9.93. The Morgan fingerprint density at radius 1 is 1.10 bits per heavy atom. The highest BCUT2D eigenvalue weighted by Crippen LogP contribution is 2.40. The number of hydrogen-bond donors (Lipinski definition) is 1. The topological polar surface area (TPSA) is 48.1 Å². The minimum atomic E-state index is -4.57. The molecule has 1 aromatic heterocycles. The first-order valence-electron chi connectivity index (χ1n) is 9.64. The van der Waals surface area contributed by atoms with Gasteiger partial charge in [-0.05, 0) is 66.8 Å². The van der Waals surface area contributed by atoms with Gasteiger partial charge in [0, 0.05) is 22.1 Å². The van der Waals surface area contributed by atoms with Crippen molar-refractivity contribution in [1.82, 2.24) is 4.98 Å². The van der Waals surface area contributed by atoms with Crippen molar-refractivity contribution >= 4 is 22.5 Å². The first-order valence-corrected chi connectivity index (χ1v) is 10.0. The summed E-state index contributed by atoms with van der Waals surface area (Å²) in [5.74, 6) is 0.0722. The summed E-state index contributed by atoms with van der Waals surface area (Å²) in [6, 6.07) is 10.9. The first kappa shape index (κ1) is 22.4. The fourth-order valence-corrected chi connectivity index (χ4v) is 3.82. The van der Waals surface area contributed by atoms with Gasteiger partial charge >= 0.3 is 6.18 Å². The SMILES string of the molecule is CC(C)C[C@](C)(N)COc1ccc(-c2ccnc3ccc(Cl)cc23)cc1C(F)(F)F. The van der Waals surface area contributed by atoms with Gasteiger partial charge in [0.15, 0.2) is 0 Å². The first-order chi connectivity index (χ1) is 14.0. The minimum absolute atomic E-state index is 0.0125. The molecule has 0 spiro atoms. The molecule has 160 valence electrons. The quantitative estimate of drug-likeness (QED) is 0.466. The Morgan fingerprint density at radius 3 is 2.50 bits per heavy atom. The van der Waals surface area contributed by atoms with Gasteiger partial charge in [0.2, 0.25) is 0 Å². The maximum absolute atomic E-state index is 13.8. The maximum atomic E-state index is 13.8. The number of halogens is 4. The molecule has 0 amide bonds. The van der Waals surface area contributed by atoms with Crippen LogP contribution in [0.5, 0.6) is 5.75 Å². The second-order valence-corrected chi connectivity index (χ2v) is 8.71. The van der Waals surface area contributed by atoms with E-state index in [9.17, 15) is 13.2 Å². The van der Waals surface area contributed by atoms with E-state index in [0.717, 1.165) is 6.07 Å².